The maximum atomic E-state index is 10.9. The van der Waals surface area contributed by atoms with E-state index >= 15 is 0 Å². The molecular weight excluding hydrogens is 166 g/mol. The van der Waals surface area contributed by atoms with Crippen LogP contribution in [0.25, 0.3) is 0 Å². The highest BCUT2D eigenvalue weighted by atomic mass is 16.7. The first-order chi connectivity index (χ1) is 6.24. The molecule has 13 heavy (non-hydrogen) atoms. The van der Waals surface area contributed by atoms with Crippen LogP contribution in [0.4, 0.5) is 5.69 Å². The van der Waals surface area contributed by atoms with Crippen LogP contribution in [0.3, 0.4) is 0 Å². The molecule has 0 aliphatic rings. The number of nitrogens with zero attached hydrogens (tertiary/aromatic N) is 1. The second-order valence-electron chi connectivity index (χ2n) is 2.76. The molecule has 0 atom stereocenters. The van der Waals surface area contributed by atoms with Crippen LogP contribution in [0, 0.1) is 0 Å². The van der Waals surface area contributed by atoms with Gasteiger partial charge in [-0.2, -0.15) is 0 Å². The first-order valence-corrected chi connectivity index (χ1v) is 4.10. The Balaban J connectivity index is 2.73. The Kier molecular flexibility index (Phi) is 3.46. The van der Waals surface area contributed by atoms with Gasteiger partial charge in [-0.25, -0.2) is 5.06 Å². The van der Waals surface area contributed by atoms with Crippen LogP contribution >= 0.6 is 0 Å². The van der Waals surface area contributed by atoms with Crippen molar-refractivity contribution < 1.29 is 9.63 Å². The molecule has 0 fully saturated rings. The van der Waals surface area contributed by atoms with E-state index in [0.29, 0.717) is 0 Å². The minimum atomic E-state index is 0.0747. The van der Waals surface area contributed by atoms with Gasteiger partial charge >= 0.3 is 0 Å². The molecule has 0 saturated heterocycles. The van der Waals surface area contributed by atoms with Gasteiger partial charge < -0.3 is 0 Å². The predicted molar refractivity (Wildman–Crippen MR) is 51.5 cm³/mol. The van der Waals surface area contributed by atoms with E-state index in [9.17, 15) is 4.79 Å². The highest BCUT2D eigenvalue weighted by Crippen LogP contribution is 2.12. The molecule has 3 nitrogen and oxygen atoms in total. The Morgan fingerprint density at radius 2 is 2.00 bits per heavy atom. The van der Waals surface area contributed by atoms with Gasteiger partial charge in [-0.1, -0.05) is 18.2 Å². The smallest absolute Gasteiger partial charge is 0.151 e. The number of carbonyl (C=O) groups is 1. The van der Waals surface area contributed by atoms with Crippen LogP contribution in [-0.2, 0) is 9.63 Å². The number of anilines is 1. The summed E-state index contributed by atoms with van der Waals surface area (Å²) in [6, 6.07) is 9.52. The zero-order chi connectivity index (χ0) is 9.68. The highest BCUT2D eigenvalue weighted by Gasteiger charge is 2.06. The Labute approximate surface area is 77.9 Å². The minimum absolute atomic E-state index is 0.0747. The summed E-state index contributed by atoms with van der Waals surface area (Å²) in [6.45, 7) is 1.81. The molecule has 0 unspecified atom stereocenters. The van der Waals surface area contributed by atoms with Gasteiger partial charge in [0.15, 0.2) is 5.78 Å². The number of Topliss-reactive ketones (excluding diaryl/α,β-unsaturated/α-hetero) is 1. The standard InChI is InChI=1S/C10H13NO2/c1-9(12)8-11(13-2)10-6-4-3-5-7-10/h3-7H,8H2,1-2H3. The number of ketones is 1. The van der Waals surface area contributed by atoms with E-state index in [4.69, 9.17) is 4.84 Å². The van der Waals surface area contributed by atoms with Crippen molar-refractivity contribution in [3.8, 4) is 0 Å². The van der Waals surface area contributed by atoms with Crippen molar-refractivity contribution in [2.24, 2.45) is 0 Å². The summed E-state index contributed by atoms with van der Waals surface area (Å²) < 4.78 is 0. The number of hydrogen-bond donors (Lipinski definition) is 0. The van der Waals surface area contributed by atoms with Gasteiger partial charge in [0.05, 0.1) is 12.8 Å². The van der Waals surface area contributed by atoms with E-state index in [1.807, 2.05) is 30.3 Å². The number of carbonyl (C=O) groups excluding carboxylic acids is 1. The fourth-order valence-corrected chi connectivity index (χ4v) is 1.06. The lowest BCUT2D eigenvalue weighted by Gasteiger charge is -2.19. The third-order valence-electron chi connectivity index (χ3n) is 1.63. The maximum Gasteiger partial charge on any atom is 0.151 e. The van der Waals surface area contributed by atoms with Crippen LogP contribution in [0.5, 0.6) is 0 Å². The normalized spacial score (nSPS) is 9.69. The molecule has 70 valence electrons. The molecule has 0 heterocycles. The molecule has 0 amide bonds. The van der Waals surface area contributed by atoms with Gasteiger partial charge in [-0.15, -0.1) is 0 Å². The van der Waals surface area contributed by atoms with Gasteiger partial charge in [-0.05, 0) is 19.1 Å². The SMILES string of the molecule is CON(CC(C)=O)c1ccccc1. The molecule has 0 radical (unpaired) electrons. The van der Waals surface area contributed by atoms with Crippen molar-refractivity contribution >= 4 is 11.5 Å². The van der Waals surface area contributed by atoms with Crippen LogP contribution < -0.4 is 5.06 Å². The lowest BCUT2D eigenvalue weighted by Crippen LogP contribution is -2.27. The molecule has 0 bridgehead atoms. The number of hydrogen-bond acceptors (Lipinski definition) is 3. The summed E-state index contributed by atoms with van der Waals surface area (Å²) in [5.41, 5.74) is 0.889. The second-order valence-corrected chi connectivity index (χ2v) is 2.76. The first kappa shape index (κ1) is 9.74. The Morgan fingerprint density at radius 3 is 2.46 bits per heavy atom. The monoisotopic (exact) mass is 179 g/mol. The van der Waals surface area contributed by atoms with E-state index < -0.39 is 0 Å². The van der Waals surface area contributed by atoms with Crippen molar-refractivity contribution in [1.29, 1.82) is 0 Å². The summed E-state index contributed by atoms with van der Waals surface area (Å²) in [4.78, 5) is 15.9. The molecule has 3 heteroatoms. The molecule has 0 aliphatic heterocycles. The van der Waals surface area contributed by atoms with Gasteiger partial charge in [0.25, 0.3) is 0 Å². The summed E-state index contributed by atoms with van der Waals surface area (Å²) in [7, 11) is 1.55. The highest BCUT2D eigenvalue weighted by molar-refractivity contribution is 5.80. The van der Waals surface area contributed by atoms with Gasteiger partial charge in [0.1, 0.15) is 6.54 Å². The van der Waals surface area contributed by atoms with Crippen molar-refractivity contribution in [2.45, 2.75) is 6.92 Å². The molecule has 0 N–H and O–H groups in total. The summed E-state index contributed by atoms with van der Waals surface area (Å²) >= 11 is 0. The van der Waals surface area contributed by atoms with Crippen molar-refractivity contribution in [2.75, 3.05) is 18.7 Å². The van der Waals surface area contributed by atoms with E-state index in [1.165, 1.54) is 6.92 Å². The lowest BCUT2D eigenvalue weighted by atomic mass is 10.3. The van der Waals surface area contributed by atoms with E-state index in [0.717, 1.165) is 5.69 Å². The first-order valence-electron chi connectivity index (χ1n) is 4.10. The molecule has 0 spiro atoms. The van der Waals surface area contributed by atoms with E-state index in [-0.39, 0.29) is 12.3 Å². The average Bonchev–Trinajstić information content (AvgIpc) is 2.15. The van der Waals surface area contributed by atoms with Crippen LogP contribution in [0.2, 0.25) is 0 Å². The Bertz CT molecular complexity index is 272. The zero-order valence-electron chi connectivity index (χ0n) is 7.86. The minimum Gasteiger partial charge on any atom is -0.298 e. The second kappa shape index (κ2) is 4.62. The zero-order valence-corrected chi connectivity index (χ0v) is 7.86. The van der Waals surface area contributed by atoms with Crippen molar-refractivity contribution in [3.05, 3.63) is 30.3 Å². The van der Waals surface area contributed by atoms with Crippen LogP contribution in [0.1, 0.15) is 6.92 Å². The average molecular weight is 179 g/mol. The largest absolute Gasteiger partial charge is 0.298 e. The molecule has 0 aliphatic carbocycles. The maximum absolute atomic E-state index is 10.9. The third-order valence-corrected chi connectivity index (χ3v) is 1.63. The molecule has 1 rings (SSSR count). The van der Waals surface area contributed by atoms with Gasteiger partial charge in [0.2, 0.25) is 0 Å². The van der Waals surface area contributed by atoms with Crippen molar-refractivity contribution in [1.82, 2.24) is 0 Å². The number of benzene rings is 1. The topological polar surface area (TPSA) is 29.5 Å². The Morgan fingerprint density at radius 1 is 1.38 bits per heavy atom. The lowest BCUT2D eigenvalue weighted by molar-refractivity contribution is -0.116. The molecule has 0 saturated carbocycles. The Hall–Kier alpha value is -1.35. The van der Waals surface area contributed by atoms with E-state index in [2.05, 4.69) is 0 Å². The molecular formula is C10H13NO2. The number of hydroxylamine groups is 1. The quantitative estimate of drug-likeness (QED) is 0.658. The fraction of sp³-hybridized carbons (Fsp3) is 0.300. The number of rotatable bonds is 4. The summed E-state index contributed by atoms with van der Waals surface area (Å²) in [6.07, 6.45) is 0. The van der Waals surface area contributed by atoms with Gasteiger partial charge in [0, 0.05) is 0 Å². The molecule has 1 aromatic rings. The fourth-order valence-electron chi connectivity index (χ4n) is 1.06. The summed E-state index contributed by atoms with van der Waals surface area (Å²) in [5, 5.41) is 1.56. The number of para-hydroxylation sites is 1. The summed E-state index contributed by atoms with van der Waals surface area (Å²) in [5.74, 6) is 0.0747. The predicted octanol–water partition coefficient (Wildman–Crippen LogP) is 1.64. The molecule has 0 aromatic heterocycles. The van der Waals surface area contributed by atoms with E-state index in [1.54, 1.807) is 12.2 Å². The third kappa shape index (κ3) is 2.87. The van der Waals surface area contributed by atoms with Crippen LogP contribution in [0.15, 0.2) is 30.3 Å². The van der Waals surface area contributed by atoms with Crippen molar-refractivity contribution in [3.63, 3.8) is 0 Å². The molecule has 1 aromatic carbocycles. The van der Waals surface area contributed by atoms with Crippen LogP contribution in [-0.4, -0.2) is 19.4 Å². The van der Waals surface area contributed by atoms with Gasteiger partial charge in [-0.3, -0.25) is 9.63 Å².